The molecule has 0 radical (unpaired) electrons. The van der Waals surface area contributed by atoms with Crippen molar-refractivity contribution >= 4 is 6.03 Å². The lowest BCUT2D eigenvalue weighted by atomic mass is 10.1. The van der Waals surface area contributed by atoms with Gasteiger partial charge in [0, 0.05) is 31.2 Å². The van der Waals surface area contributed by atoms with Gasteiger partial charge in [0.25, 0.3) is 0 Å². The molecular weight excluding hydrogens is 361 g/mol. The van der Waals surface area contributed by atoms with Crippen LogP contribution < -0.4 is 0 Å². The lowest BCUT2D eigenvalue weighted by Gasteiger charge is -2.29. The first-order valence-electron chi connectivity index (χ1n) is 8.89. The predicted molar refractivity (Wildman–Crippen MR) is 91.6 cm³/mol. The molecule has 1 heterocycles. The second-order valence-corrected chi connectivity index (χ2v) is 6.43. The maximum absolute atomic E-state index is 12.7. The summed E-state index contributed by atoms with van der Waals surface area (Å²) in [7, 11) is 0. The van der Waals surface area contributed by atoms with Crippen molar-refractivity contribution in [2.24, 2.45) is 0 Å². The van der Waals surface area contributed by atoms with E-state index in [1.165, 1.54) is 0 Å². The zero-order valence-electron chi connectivity index (χ0n) is 15.2. The number of hydrogen-bond donors (Lipinski definition) is 0. The number of benzene rings is 1. The first-order valence-corrected chi connectivity index (χ1v) is 8.89. The van der Waals surface area contributed by atoms with Gasteiger partial charge in [0.2, 0.25) is 5.82 Å². The minimum Gasteiger partial charge on any atom is -0.329 e. The van der Waals surface area contributed by atoms with Gasteiger partial charge in [0.1, 0.15) is 0 Å². The molecule has 0 bridgehead atoms. The summed E-state index contributed by atoms with van der Waals surface area (Å²) in [5.41, 5.74) is 1.29. The number of nitrogens with zero attached hydrogens (tertiary/aromatic N) is 4. The number of amides is 2. The summed E-state index contributed by atoms with van der Waals surface area (Å²) in [5, 5.41) is 3.37. The predicted octanol–water partition coefficient (Wildman–Crippen LogP) is 4.18. The van der Waals surface area contributed by atoms with E-state index in [2.05, 4.69) is 14.7 Å². The van der Waals surface area contributed by atoms with Crippen molar-refractivity contribution in [1.29, 1.82) is 0 Å². The van der Waals surface area contributed by atoms with Crippen molar-refractivity contribution < 1.29 is 22.5 Å². The van der Waals surface area contributed by atoms with E-state index in [-0.39, 0.29) is 11.9 Å². The van der Waals surface area contributed by atoms with Crippen LogP contribution in [0.2, 0.25) is 0 Å². The average molecular weight is 382 g/mol. The molecule has 0 atom stereocenters. The molecule has 1 aromatic carbocycles. The van der Waals surface area contributed by atoms with Crippen LogP contribution >= 0.6 is 0 Å². The highest BCUT2D eigenvalue weighted by Crippen LogP contribution is 2.30. The molecule has 1 saturated carbocycles. The Bertz CT molecular complexity index is 785. The maximum atomic E-state index is 12.7. The third kappa shape index (κ3) is 4.40. The maximum Gasteiger partial charge on any atom is 0.471 e. The van der Waals surface area contributed by atoms with Crippen LogP contribution in [0.5, 0.6) is 0 Å². The number of alkyl halides is 3. The van der Waals surface area contributed by atoms with E-state index in [0.29, 0.717) is 31.2 Å². The molecule has 0 N–H and O–H groups in total. The van der Waals surface area contributed by atoms with Crippen LogP contribution in [0.3, 0.4) is 0 Å². The third-order valence-corrected chi connectivity index (χ3v) is 4.48. The van der Waals surface area contributed by atoms with E-state index in [1.807, 2.05) is 18.7 Å². The lowest BCUT2D eigenvalue weighted by molar-refractivity contribution is -0.159. The third-order valence-electron chi connectivity index (χ3n) is 4.48. The molecule has 0 spiro atoms. The van der Waals surface area contributed by atoms with E-state index in [9.17, 15) is 18.0 Å². The van der Waals surface area contributed by atoms with Crippen LogP contribution in [-0.4, -0.2) is 45.1 Å². The number of halogens is 3. The summed E-state index contributed by atoms with van der Waals surface area (Å²) in [6.45, 7) is 5.57. The van der Waals surface area contributed by atoms with Gasteiger partial charge in [0.15, 0.2) is 0 Å². The van der Waals surface area contributed by atoms with Crippen molar-refractivity contribution in [2.75, 3.05) is 13.1 Å². The molecule has 1 fully saturated rings. The standard InChI is InChI=1S/C18H21F3N4O2/c1-3-24(17(26)25(4-2)14-9-10-14)11-12-5-7-13(8-6-12)15-22-16(27-23-15)18(19,20)21/h5-8,14H,3-4,9-11H2,1-2H3. The Labute approximate surface area is 154 Å². The smallest absolute Gasteiger partial charge is 0.329 e. The Morgan fingerprint density at radius 2 is 1.85 bits per heavy atom. The highest BCUT2D eigenvalue weighted by atomic mass is 19.4. The van der Waals surface area contributed by atoms with E-state index < -0.39 is 12.1 Å². The van der Waals surface area contributed by atoms with Gasteiger partial charge in [-0.1, -0.05) is 29.4 Å². The van der Waals surface area contributed by atoms with E-state index >= 15 is 0 Å². The van der Waals surface area contributed by atoms with E-state index in [0.717, 1.165) is 18.4 Å². The molecule has 0 unspecified atom stereocenters. The molecule has 9 heteroatoms. The Morgan fingerprint density at radius 3 is 2.33 bits per heavy atom. The monoisotopic (exact) mass is 382 g/mol. The van der Waals surface area contributed by atoms with Gasteiger partial charge in [0.05, 0.1) is 0 Å². The SMILES string of the molecule is CCN(Cc1ccc(-c2noc(C(F)(F)F)n2)cc1)C(=O)N(CC)C1CC1. The summed E-state index contributed by atoms with van der Waals surface area (Å²) in [4.78, 5) is 19.7. The zero-order valence-corrected chi connectivity index (χ0v) is 15.2. The van der Waals surface area contributed by atoms with Crippen molar-refractivity contribution in [3.05, 3.63) is 35.7 Å². The fourth-order valence-electron chi connectivity index (χ4n) is 2.87. The first kappa shape index (κ1) is 19.2. The van der Waals surface area contributed by atoms with Crippen LogP contribution in [-0.2, 0) is 12.7 Å². The van der Waals surface area contributed by atoms with Crippen LogP contribution in [0, 0.1) is 0 Å². The minimum atomic E-state index is -4.67. The normalized spacial score (nSPS) is 14.3. The Morgan fingerprint density at radius 1 is 1.19 bits per heavy atom. The van der Waals surface area contributed by atoms with Crippen LogP contribution in [0.15, 0.2) is 28.8 Å². The van der Waals surface area contributed by atoms with Gasteiger partial charge < -0.3 is 14.3 Å². The van der Waals surface area contributed by atoms with Gasteiger partial charge in [-0.05, 0) is 32.3 Å². The molecule has 27 heavy (non-hydrogen) atoms. The van der Waals surface area contributed by atoms with Gasteiger partial charge in [-0.3, -0.25) is 0 Å². The molecule has 0 aliphatic heterocycles. The van der Waals surface area contributed by atoms with Crippen molar-refractivity contribution in [2.45, 2.75) is 45.5 Å². The second kappa shape index (κ2) is 7.58. The zero-order chi connectivity index (χ0) is 19.6. The Kier molecular flexibility index (Phi) is 5.38. The summed E-state index contributed by atoms with van der Waals surface area (Å²) in [6, 6.07) is 7.11. The van der Waals surface area contributed by atoms with Crippen molar-refractivity contribution in [3.63, 3.8) is 0 Å². The van der Waals surface area contributed by atoms with Crippen molar-refractivity contribution in [3.8, 4) is 11.4 Å². The van der Waals surface area contributed by atoms with Gasteiger partial charge in [-0.2, -0.15) is 18.2 Å². The summed E-state index contributed by atoms with van der Waals surface area (Å²) in [6.07, 6.45) is -2.56. The topological polar surface area (TPSA) is 62.5 Å². The van der Waals surface area contributed by atoms with Crippen LogP contribution in [0.25, 0.3) is 11.4 Å². The molecule has 2 amide bonds. The van der Waals surface area contributed by atoms with Gasteiger partial charge >= 0.3 is 18.1 Å². The fourth-order valence-corrected chi connectivity index (χ4v) is 2.87. The average Bonchev–Trinajstić information content (AvgIpc) is 3.33. The summed E-state index contributed by atoms with van der Waals surface area (Å²) >= 11 is 0. The molecule has 3 rings (SSSR count). The number of aromatic nitrogens is 2. The molecule has 2 aromatic rings. The lowest BCUT2D eigenvalue weighted by Crippen LogP contribution is -2.43. The Hall–Kier alpha value is -2.58. The number of urea groups is 1. The molecule has 1 aliphatic carbocycles. The molecular formula is C18H21F3N4O2. The number of carbonyl (C=O) groups excluding carboxylic acids is 1. The van der Waals surface area contributed by atoms with E-state index in [4.69, 9.17) is 0 Å². The van der Waals surface area contributed by atoms with Crippen LogP contribution in [0.1, 0.15) is 38.1 Å². The highest BCUT2D eigenvalue weighted by molar-refractivity contribution is 5.75. The van der Waals surface area contributed by atoms with Gasteiger partial charge in [-0.15, -0.1) is 0 Å². The second-order valence-electron chi connectivity index (χ2n) is 6.43. The quantitative estimate of drug-likeness (QED) is 0.752. The largest absolute Gasteiger partial charge is 0.471 e. The van der Waals surface area contributed by atoms with E-state index in [1.54, 1.807) is 29.2 Å². The first-order chi connectivity index (χ1) is 12.8. The highest BCUT2D eigenvalue weighted by Gasteiger charge is 2.38. The fraction of sp³-hybridized carbons (Fsp3) is 0.500. The summed E-state index contributed by atoms with van der Waals surface area (Å²) in [5.74, 6) is -1.49. The molecule has 1 aromatic heterocycles. The molecule has 1 aliphatic rings. The molecule has 6 nitrogen and oxygen atoms in total. The number of rotatable bonds is 6. The van der Waals surface area contributed by atoms with Crippen molar-refractivity contribution in [1.82, 2.24) is 19.9 Å². The summed E-state index contributed by atoms with van der Waals surface area (Å²) < 4.78 is 41.9. The van der Waals surface area contributed by atoms with Crippen LogP contribution in [0.4, 0.5) is 18.0 Å². The molecule has 0 saturated heterocycles. The Balaban J connectivity index is 1.69. The number of hydrogen-bond acceptors (Lipinski definition) is 4. The van der Waals surface area contributed by atoms with Gasteiger partial charge in [-0.25, -0.2) is 4.79 Å². The molecule has 146 valence electrons. The number of carbonyl (C=O) groups is 1. The minimum absolute atomic E-state index is 0.0135.